The highest BCUT2D eigenvalue weighted by molar-refractivity contribution is 9.10. The molecule has 94 valence electrons. The summed E-state index contributed by atoms with van der Waals surface area (Å²) in [5.74, 6) is -0.179. The molecule has 1 N–H and O–H groups in total. The number of thiophene rings is 1. The molecule has 0 unspecified atom stereocenters. The largest absolute Gasteiger partial charge is 0.347 e. The van der Waals surface area contributed by atoms with Crippen molar-refractivity contribution in [2.24, 2.45) is 0 Å². The summed E-state index contributed by atoms with van der Waals surface area (Å²) >= 11 is 14.4. The van der Waals surface area contributed by atoms with Crippen molar-refractivity contribution < 1.29 is 4.79 Å². The Bertz CT molecular complexity index is 585. The molecule has 2 rings (SSSR count). The van der Waals surface area contributed by atoms with E-state index < -0.39 is 0 Å². The predicted octanol–water partition coefficient (Wildman–Crippen LogP) is 4.86. The number of amides is 1. The van der Waals surface area contributed by atoms with Gasteiger partial charge in [-0.05, 0) is 55.4 Å². The smallest absolute Gasteiger partial charge is 0.253 e. The first-order chi connectivity index (χ1) is 8.59. The van der Waals surface area contributed by atoms with E-state index in [0.29, 0.717) is 21.6 Å². The number of nitrogens with one attached hydrogen (secondary N) is 1. The van der Waals surface area contributed by atoms with E-state index in [1.54, 1.807) is 29.5 Å². The molecule has 0 atom stereocenters. The maximum absolute atomic E-state index is 12.0. The number of hydrogen-bond donors (Lipinski definition) is 1. The van der Waals surface area contributed by atoms with Crippen LogP contribution in [0.25, 0.3) is 0 Å². The fourth-order valence-corrected chi connectivity index (χ4v) is 3.40. The zero-order valence-corrected chi connectivity index (χ0v) is 13.8. The van der Waals surface area contributed by atoms with Gasteiger partial charge in [-0.25, -0.2) is 0 Å². The van der Waals surface area contributed by atoms with Crippen molar-refractivity contribution in [1.29, 1.82) is 0 Å². The van der Waals surface area contributed by atoms with Crippen molar-refractivity contribution in [2.45, 2.75) is 6.54 Å². The Hall–Kier alpha value is -0.360. The van der Waals surface area contributed by atoms with Crippen molar-refractivity contribution in [3.63, 3.8) is 0 Å². The molecule has 0 aliphatic carbocycles. The quantitative estimate of drug-likeness (QED) is 0.771. The zero-order valence-electron chi connectivity index (χ0n) is 9.04. The Morgan fingerprint density at radius 3 is 2.72 bits per heavy atom. The van der Waals surface area contributed by atoms with Crippen LogP contribution in [-0.4, -0.2) is 5.91 Å². The van der Waals surface area contributed by atoms with Crippen LogP contribution in [0.4, 0.5) is 0 Å². The summed E-state index contributed by atoms with van der Waals surface area (Å²) < 4.78 is 1.72. The SMILES string of the molecule is O=C(NCc1sccc1Br)c1cccc(Br)c1Cl. The van der Waals surface area contributed by atoms with E-state index >= 15 is 0 Å². The Labute approximate surface area is 131 Å². The van der Waals surface area contributed by atoms with Gasteiger partial charge in [-0.2, -0.15) is 0 Å². The molecule has 2 nitrogen and oxygen atoms in total. The maximum Gasteiger partial charge on any atom is 0.253 e. The van der Waals surface area contributed by atoms with Crippen LogP contribution in [0.5, 0.6) is 0 Å². The molecule has 0 aliphatic rings. The minimum Gasteiger partial charge on any atom is -0.347 e. The average molecular weight is 410 g/mol. The lowest BCUT2D eigenvalue weighted by atomic mass is 10.2. The van der Waals surface area contributed by atoms with Gasteiger partial charge in [0.1, 0.15) is 0 Å². The van der Waals surface area contributed by atoms with Crippen LogP contribution >= 0.6 is 54.8 Å². The highest BCUT2D eigenvalue weighted by Gasteiger charge is 2.12. The zero-order chi connectivity index (χ0) is 13.1. The highest BCUT2D eigenvalue weighted by Crippen LogP contribution is 2.26. The molecular formula is C12H8Br2ClNOS. The molecule has 1 aromatic heterocycles. The fourth-order valence-electron chi connectivity index (χ4n) is 1.39. The van der Waals surface area contributed by atoms with Gasteiger partial charge in [-0.3, -0.25) is 4.79 Å². The van der Waals surface area contributed by atoms with Crippen LogP contribution in [0.3, 0.4) is 0 Å². The van der Waals surface area contributed by atoms with Crippen LogP contribution in [0.2, 0.25) is 5.02 Å². The Balaban J connectivity index is 2.09. The monoisotopic (exact) mass is 407 g/mol. The summed E-state index contributed by atoms with van der Waals surface area (Å²) in [4.78, 5) is 13.1. The van der Waals surface area contributed by atoms with E-state index in [9.17, 15) is 4.79 Å². The second-order valence-corrected chi connectivity index (χ2v) is 6.56. The third-order valence-electron chi connectivity index (χ3n) is 2.30. The number of rotatable bonds is 3. The molecule has 0 fully saturated rings. The third-order valence-corrected chi connectivity index (χ3v) is 5.52. The van der Waals surface area contributed by atoms with Crippen LogP contribution in [0.1, 0.15) is 15.2 Å². The molecule has 0 aliphatic heterocycles. The Morgan fingerprint density at radius 1 is 1.28 bits per heavy atom. The summed E-state index contributed by atoms with van der Waals surface area (Å²) in [6.07, 6.45) is 0. The molecule has 6 heteroatoms. The standard InChI is InChI=1S/C12H8Br2ClNOS/c13-8-4-5-18-10(8)6-16-12(17)7-2-1-3-9(14)11(7)15/h1-5H,6H2,(H,16,17). The molecule has 0 radical (unpaired) electrons. The van der Waals surface area contributed by atoms with Gasteiger partial charge in [-0.1, -0.05) is 17.7 Å². The summed E-state index contributed by atoms with van der Waals surface area (Å²) in [6.45, 7) is 0.486. The average Bonchev–Trinajstić information content (AvgIpc) is 2.75. The second kappa shape index (κ2) is 6.19. The van der Waals surface area contributed by atoms with E-state index in [2.05, 4.69) is 37.2 Å². The molecule has 2 aromatic rings. The second-order valence-electron chi connectivity index (χ2n) is 3.48. The first-order valence-electron chi connectivity index (χ1n) is 5.03. The molecule has 0 spiro atoms. The summed E-state index contributed by atoms with van der Waals surface area (Å²) in [6, 6.07) is 7.24. The van der Waals surface area contributed by atoms with Gasteiger partial charge in [0.25, 0.3) is 5.91 Å². The van der Waals surface area contributed by atoms with E-state index in [1.807, 2.05) is 11.4 Å². The van der Waals surface area contributed by atoms with E-state index in [-0.39, 0.29) is 5.91 Å². The van der Waals surface area contributed by atoms with Crippen molar-refractivity contribution >= 4 is 60.7 Å². The van der Waals surface area contributed by atoms with Crippen LogP contribution < -0.4 is 5.32 Å². The van der Waals surface area contributed by atoms with Crippen molar-refractivity contribution in [1.82, 2.24) is 5.32 Å². The molecule has 0 saturated carbocycles. The molecule has 1 amide bonds. The van der Waals surface area contributed by atoms with E-state index in [0.717, 1.165) is 9.35 Å². The lowest BCUT2D eigenvalue weighted by molar-refractivity contribution is 0.0951. The molecule has 18 heavy (non-hydrogen) atoms. The maximum atomic E-state index is 12.0. The summed E-state index contributed by atoms with van der Waals surface area (Å²) in [5.41, 5.74) is 0.471. The van der Waals surface area contributed by atoms with Gasteiger partial charge < -0.3 is 5.32 Å². The molecule has 0 bridgehead atoms. The lowest BCUT2D eigenvalue weighted by Crippen LogP contribution is -2.22. The molecular weight excluding hydrogens is 401 g/mol. The van der Waals surface area contributed by atoms with Crippen LogP contribution in [0.15, 0.2) is 38.6 Å². The first kappa shape index (κ1) is 14.1. The van der Waals surface area contributed by atoms with Crippen LogP contribution in [-0.2, 0) is 6.54 Å². The van der Waals surface area contributed by atoms with E-state index in [1.165, 1.54) is 0 Å². The topological polar surface area (TPSA) is 29.1 Å². The normalized spacial score (nSPS) is 10.4. The van der Waals surface area contributed by atoms with Crippen LogP contribution in [0, 0.1) is 0 Å². The molecule has 1 heterocycles. The van der Waals surface area contributed by atoms with E-state index in [4.69, 9.17) is 11.6 Å². The summed E-state index contributed by atoms with van der Waals surface area (Å²) in [5, 5.41) is 5.25. The third kappa shape index (κ3) is 3.15. The number of carbonyl (C=O) groups excluding carboxylic acids is 1. The van der Waals surface area contributed by atoms with Gasteiger partial charge in [0.2, 0.25) is 0 Å². The number of benzene rings is 1. The minimum absolute atomic E-state index is 0.179. The number of hydrogen-bond acceptors (Lipinski definition) is 2. The van der Waals surface area contributed by atoms with Crippen molar-refractivity contribution in [2.75, 3.05) is 0 Å². The highest BCUT2D eigenvalue weighted by atomic mass is 79.9. The van der Waals surface area contributed by atoms with Gasteiger partial charge in [-0.15, -0.1) is 11.3 Å². The lowest BCUT2D eigenvalue weighted by Gasteiger charge is -2.07. The fraction of sp³-hybridized carbons (Fsp3) is 0.0833. The molecule has 1 aromatic carbocycles. The molecule has 0 saturated heterocycles. The van der Waals surface area contributed by atoms with Gasteiger partial charge >= 0.3 is 0 Å². The Morgan fingerprint density at radius 2 is 2.06 bits per heavy atom. The predicted molar refractivity (Wildman–Crippen MR) is 82.3 cm³/mol. The van der Waals surface area contributed by atoms with Crippen molar-refractivity contribution in [3.8, 4) is 0 Å². The first-order valence-corrected chi connectivity index (χ1v) is 7.88. The summed E-state index contributed by atoms with van der Waals surface area (Å²) in [7, 11) is 0. The van der Waals surface area contributed by atoms with Crippen molar-refractivity contribution in [3.05, 3.63) is 54.1 Å². The number of carbonyl (C=O) groups is 1. The van der Waals surface area contributed by atoms with Gasteiger partial charge in [0.05, 0.1) is 17.1 Å². The Kier molecular flexibility index (Phi) is 4.84. The minimum atomic E-state index is -0.179. The number of halogens is 3. The van der Waals surface area contributed by atoms with Gasteiger partial charge in [0.15, 0.2) is 0 Å². The van der Waals surface area contributed by atoms with Gasteiger partial charge in [0, 0.05) is 13.8 Å².